The van der Waals surface area contributed by atoms with Crippen molar-refractivity contribution >= 4 is 12.3 Å². The zero-order valence-electron chi connectivity index (χ0n) is 10.1. The molecule has 0 saturated carbocycles. The molecule has 1 aliphatic rings. The van der Waals surface area contributed by atoms with Crippen LogP contribution in [0.15, 0.2) is 0 Å². The Morgan fingerprint density at radius 2 is 2.12 bits per heavy atom. The van der Waals surface area contributed by atoms with E-state index in [-0.39, 0.29) is 30.0 Å². The Bertz CT molecular complexity index is 251. The Balaban J connectivity index is 2.56. The first-order valence-electron chi connectivity index (χ1n) is 5.82. The molecule has 4 nitrogen and oxygen atoms in total. The van der Waals surface area contributed by atoms with Gasteiger partial charge in [0.1, 0.15) is 6.29 Å². The van der Waals surface area contributed by atoms with Crippen molar-refractivity contribution in [2.75, 3.05) is 7.11 Å². The van der Waals surface area contributed by atoms with Crippen LogP contribution in [-0.4, -0.2) is 31.6 Å². The average molecular weight is 228 g/mol. The predicted molar refractivity (Wildman–Crippen MR) is 58.9 cm³/mol. The van der Waals surface area contributed by atoms with Crippen LogP contribution in [0.4, 0.5) is 0 Å². The first-order valence-corrected chi connectivity index (χ1v) is 5.82. The maximum Gasteiger partial charge on any atom is 0.311 e. The van der Waals surface area contributed by atoms with Crippen LogP contribution in [0.5, 0.6) is 0 Å². The maximum atomic E-state index is 11.5. The Morgan fingerprint density at radius 1 is 1.50 bits per heavy atom. The van der Waals surface area contributed by atoms with Gasteiger partial charge in [0.25, 0.3) is 0 Å². The Labute approximate surface area is 96.3 Å². The van der Waals surface area contributed by atoms with E-state index >= 15 is 0 Å². The van der Waals surface area contributed by atoms with E-state index in [0.717, 1.165) is 19.1 Å². The van der Waals surface area contributed by atoms with E-state index in [1.54, 1.807) is 0 Å². The molecule has 0 amide bonds. The van der Waals surface area contributed by atoms with E-state index < -0.39 is 0 Å². The van der Waals surface area contributed by atoms with Crippen molar-refractivity contribution in [2.45, 2.75) is 45.3 Å². The van der Waals surface area contributed by atoms with E-state index in [1.807, 2.05) is 13.8 Å². The van der Waals surface area contributed by atoms with Gasteiger partial charge >= 0.3 is 5.97 Å². The van der Waals surface area contributed by atoms with Crippen molar-refractivity contribution < 1.29 is 19.1 Å². The van der Waals surface area contributed by atoms with Gasteiger partial charge in [-0.2, -0.15) is 0 Å². The van der Waals surface area contributed by atoms with Gasteiger partial charge in [0.15, 0.2) is 0 Å². The summed E-state index contributed by atoms with van der Waals surface area (Å²) in [7, 11) is 1.39. The molecule has 92 valence electrons. The smallest absolute Gasteiger partial charge is 0.311 e. The first-order chi connectivity index (χ1) is 7.63. The minimum absolute atomic E-state index is 0.0405. The normalized spacial score (nSPS) is 28.4. The minimum atomic E-state index is -0.216. The van der Waals surface area contributed by atoms with Gasteiger partial charge in [-0.25, -0.2) is 0 Å². The number of hydrogen-bond acceptors (Lipinski definition) is 4. The Hall–Kier alpha value is -0.900. The van der Waals surface area contributed by atoms with Gasteiger partial charge in [0.2, 0.25) is 0 Å². The first kappa shape index (κ1) is 13.2. The highest BCUT2D eigenvalue weighted by Gasteiger charge is 2.37. The molecule has 16 heavy (non-hydrogen) atoms. The molecular formula is C12H20O4. The average Bonchev–Trinajstić information content (AvgIpc) is 2.78. The number of aldehydes is 1. The summed E-state index contributed by atoms with van der Waals surface area (Å²) in [6.07, 6.45) is 3.16. The number of rotatable bonds is 5. The molecule has 0 bridgehead atoms. The lowest BCUT2D eigenvalue weighted by Gasteiger charge is -2.21. The fraction of sp³-hybridized carbons (Fsp3) is 0.833. The number of methoxy groups -OCH3 is 1. The number of carbonyl (C=O) groups is 2. The van der Waals surface area contributed by atoms with E-state index in [9.17, 15) is 9.59 Å². The van der Waals surface area contributed by atoms with Crippen LogP contribution in [0.3, 0.4) is 0 Å². The number of ether oxygens (including phenoxy) is 2. The number of esters is 1. The second kappa shape index (κ2) is 5.99. The van der Waals surface area contributed by atoms with Crippen LogP contribution in [0.1, 0.15) is 33.1 Å². The molecule has 4 heteroatoms. The van der Waals surface area contributed by atoms with Crippen LogP contribution < -0.4 is 0 Å². The van der Waals surface area contributed by atoms with Gasteiger partial charge in [0.05, 0.1) is 25.2 Å². The summed E-state index contributed by atoms with van der Waals surface area (Å²) in [5.41, 5.74) is 0. The molecule has 1 rings (SSSR count). The second-order valence-corrected chi connectivity index (χ2v) is 4.32. The van der Waals surface area contributed by atoms with Gasteiger partial charge in [-0.3, -0.25) is 4.79 Å². The highest BCUT2D eigenvalue weighted by atomic mass is 16.5. The van der Waals surface area contributed by atoms with Crippen molar-refractivity contribution in [1.82, 2.24) is 0 Å². The zero-order valence-corrected chi connectivity index (χ0v) is 10.1. The predicted octanol–water partition coefficient (Wildman–Crippen LogP) is 1.57. The molecule has 1 heterocycles. The van der Waals surface area contributed by atoms with Crippen molar-refractivity contribution in [3.05, 3.63) is 0 Å². The Kier molecular flexibility index (Phi) is 4.93. The van der Waals surface area contributed by atoms with Gasteiger partial charge in [0, 0.05) is 5.92 Å². The lowest BCUT2D eigenvalue weighted by atomic mass is 9.96. The summed E-state index contributed by atoms with van der Waals surface area (Å²) in [5.74, 6) is -0.513. The molecule has 1 fully saturated rings. The lowest BCUT2D eigenvalue weighted by Crippen LogP contribution is -2.30. The second-order valence-electron chi connectivity index (χ2n) is 4.32. The summed E-state index contributed by atoms with van der Waals surface area (Å²) in [6, 6.07) is 0. The third kappa shape index (κ3) is 2.82. The Morgan fingerprint density at radius 3 is 2.62 bits per heavy atom. The summed E-state index contributed by atoms with van der Waals surface area (Å²) in [4.78, 5) is 22.2. The molecule has 4 atom stereocenters. The molecule has 0 aliphatic carbocycles. The molecule has 0 aromatic carbocycles. The summed E-state index contributed by atoms with van der Waals surface area (Å²) >= 11 is 0. The number of hydrogen-bond donors (Lipinski definition) is 0. The standard InChI is InChI=1S/C12H20O4/c1-4-9(12(14)15-3)11-6-5-10(16-11)8(2)7-13/h7-11H,4-6H2,1-3H3/t8-,9-,10-,11+/m0/s1. The third-order valence-corrected chi connectivity index (χ3v) is 3.28. The van der Waals surface area contributed by atoms with Crippen LogP contribution in [-0.2, 0) is 19.1 Å². The van der Waals surface area contributed by atoms with Crippen LogP contribution >= 0.6 is 0 Å². The van der Waals surface area contributed by atoms with Crippen molar-refractivity contribution in [3.8, 4) is 0 Å². The van der Waals surface area contributed by atoms with Gasteiger partial charge in [-0.1, -0.05) is 13.8 Å². The summed E-state index contributed by atoms with van der Waals surface area (Å²) in [6.45, 7) is 3.79. The molecule has 1 aliphatic heterocycles. The van der Waals surface area contributed by atoms with Gasteiger partial charge in [-0.05, 0) is 19.3 Å². The monoisotopic (exact) mass is 228 g/mol. The van der Waals surface area contributed by atoms with Crippen molar-refractivity contribution in [2.24, 2.45) is 11.8 Å². The molecule has 0 radical (unpaired) electrons. The van der Waals surface area contributed by atoms with E-state index in [4.69, 9.17) is 9.47 Å². The minimum Gasteiger partial charge on any atom is -0.469 e. The molecule has 1 saturated heterocycles. The molecular weight excluding hydrogens is 208 g/mol. The fourth-order valence-corrected chi connectivity index (χ4v) is 2.19. The van der Waals surface area contributed by atoms with Gasteiger partial charge < -0.3 is 14.3 Å². The lowest BCUT2D eigenvalue weighted by molar-refractivity contribution is -0.151. The summed E-state index contributed by atoms with van der Waals surface area (Å²) < 4.78 is 10.5. The maximum absolute atomic E-state index is 11.5. The van der Waals surface area contributed by atoms with Crippen molar-refractivity contribution in [3.63, 3.8) is 0 Å². The SMILES string of the molecule is CC[C@H](C(=O)OC)[C@H]1CC[C@@H]([C@@H](C)C=O)O1. The zero-order chi connectivity index (χ0) is 12.1. The highest BCUT2D eigenvalue weighted by molar-refractivity contribution is 5.73. The quantitative estimate of drug-likeness (QED) is 0.529. The van der Waals surface area contributed by atoms with Crippen LogP contribution in [0.2, 0.25) is 0 Å². The van der Waals surface area contributed by atoms with Crippen LogP contribution in [0.25, 0.3) is 0 Å². The van der Waals surface area contributed by atoms with E-state index in [1.165, 1.54) is 7.11 Å². The molecule has 0 aromatic heterocycles. The highest BCUT2D eigenvalue weighted by Crippen LogP contribution is 2.30. The number of carbonyl (C=O) groups excluding carboxylic acids is 2. The molecule has 0 spiro atoms. The summed E-state index contributed by atoms with van der Waals surface area (Å²) in [5, 5.41) is 0. The molecule has 0 unspecified atom stereocenters. The van der Waals surface area contributed by atoms with Gasteiger partial charge in [-0.15, -0.1) is 0 Å². The topological polar surface area (TPSA) is 52.6 Å². The fourth-order valence-electron chi connectivity index (χ4n) is 2.19. The molecule has 0 aromatic rings. The van der Waals surface area contributed by atoms with E-state index in [2.05, 4.69) is 0 Å². The van der Waals surface area contributed by atoms with E-state index in [0.29, 0.717) is 6.42 Å². The van der Waals surface area contributed by atoms with Crippen molar-refractivity contribution in [1.29, 1.82) is 0 Å². The third-order valence-electron chi connectivity index (χ3n) is 3.28. The molecule has 0 N–H and O–H groups in total. The largest absolute Gasteiger partial charge is 0.469 e. The van der Waals surface area contributed by atoms with Crippen LogP contribution in [0, 0.1) is 11.8 Å².